The van der Waals surface area contributed by atoms with Crippen molar-refractivity contribution in [2.75, 3.05) is 30.6 Å². The first-order chi connectivity index (χ1) is 15.7. The van der Waals surface area contributed by atoms with Gasteiger partial charge in [-0.1, -0.05) is 0 Å². The van der Waals surface area contributed by atoms with E-state index >= 15 is 0 Å². The fourth-order valence-electron chi connectivity index (χ4n) is 2.78. The Balaban J connectivity index is 1.98. The molecule has 3 rings (SSSR count). The van der Waals surface area contributed by atoms with Crippen molar-refractivity contribution >= 4 is 39.7 Å². The average Bonchev–Trinajstić information content (AvgIpc) is 3.60. The Kier molecular flexibility index (Phi) is 7.88. The Bertz CT molecular complexity index is 1110. The molecule has 0 saturated heterocycles. The van der Waals surface area contributed by atoms with Gasteiger partial charge < -0.3 is 31.6 Å². The molecule has 0 aliphatic heterocycles. The van der Waals surface area contributed by atoms with Gasteiger partial charge in [-0.25, -0.2) is 9.97 Å². The highest BCUT2D eigenvalue weighted by Gasteiger charge is 2.22. The van der Waals surface area contributed by atoms with E-state index in [1.165, 1.54) is 26.3 Å². The fourth-order valence-corrected chi connectivity index (χ4v) is 3.29. The maximum atomic E-state index is 12.1. The molecule has 1 amide bonds. The SMILES string of the molecule is CO/C(N)=C/C=C(\N)c1cnc(NC(C)=O)cc1Nc1cc(OCC2CC2)cc(S(C)=O)n1. The molecule has 0 bridgehead atoms. The van der Waals surface area contributed by atoms with Crippen molar-refractivity contribution in [2.24, 2.45) is 17.4 Å². The molecule has 1 atom stereocenters. The van der Waals surface area contributed by atoms with Crippen LogP contribution in [-0.4, -0.2) is 40.1 Å². The van der Waals surface area contributed by atoms with Gasteiger partial charge in [-0.15, -0.1) is 0 Å². The molecule has 33 heavy (non-hydrogen) atoms. The molecule has 2 aromatic rings. The number of methoxy groups -OCH3 is 1. The number of nitrogens with two attached hydrogens (primary N) is 2. The molecule has 1 fully saturated rings. The number of nitrogens with zero attached hydrogens (tertiary/aromatic N) is 2. The molecule has 1 saturated carbocycles. The smallest absolute Gasteiger partial charge is 0.222 e. The van der Waals surface area contributed by atoms with Crippen molar-refractivity contribution in [3.8, 4) is 5.75 Å². The standard InChI is InChI=1S/C22H28N6O4S/c1-13(29)26-20-10-18(16(11-25-20)17(23)6-7-19(24)31-2)27-21-8-15(32-12-14-4-5-14)9-22(28-21)33(3)30/h6-11,14H,4-5,12,23-24H2,1-3H3,(H2,25,26,27,28,29)/b17-6-,19-7+. The van der Waals surface area contributed by atoms with Crippen LogP contribution in [0.1, 0.15) is 25.3 Å². The van der Waals surface area contributed by atoms with E-state index in [2.05, 4.69) is 20.6 Å². The van der Waals surface area contributed by atoms with Crippen molar-refractivity contribution in [1.82, 2.24) is 9.97 Å². The number of ether oxygens (including phenoxy) is 2. The van der Waals surface area contributed by atoms with Crippen LogP contribution < -0.4 is 26.8 Å². The predicted molar refractivity (Wildman–Crippen MR) is 128 cm³/mol. The van der Waals surface area contributed by atoms with Crippen LogP contribution in [0.15, 0.2) is 47.5 Å². The van der Waals surface area contributed by atoms with Crippen molar-refractivity contribution < 1.29 is 18.5 Å². The van der Waals surface area contributed by atoms with Crippen LogP contribution in [0, 0.1) is 5.92 Å². The van der Waals surface area contributed by atoms with Crippen LogP contribution in [-0.2, 0) is 20.3 Å². The fraction of sp³-hybridized carbons (Fsp3) is 0.318. The molecule has 0 aromatic carbocycles. The third-order valence-corrected chi connectivity index (χ3v) is 5.50. The second kappa shape index (κ2) is 10.8. The first kappa shape index (κ1) is 24.1. The summed E-state index contributed by atoms with van der Waals surface area (Å²) in [5, 5.41) is 6.21. The third-order valence-electron chi connectivity index (χ3n) is 4.70. The van der Waals surface area contributed by atoms with Gasteiger partial charge in [0.05, 0.1) is 30.2 Å². The second-order valence-corrected chi connectivity index (χ2v) is 8.88. The molecule has 11 heteroatoms. The Hall–Kier alpha value is -3.60. The number of amides is 1. The van der Waals surface area contributed by atoms with Crippen molar-refractivity contribution in [1.29, 1.82) is 0 Å². The topological polar surface area (TPSA) is 154 Å². The summed E-state index contributed by atoms with van der Waals surface area (Å²) in [5.41, 5.74) is 13.3. The number of allylic oxidation sites excluding steroid dienone is 2. The molecule has 1 aliphatic rings. The third kappa shape index (κ3) is 7.21. The first-order valence-corrected chi connectivity index (χ1v) is 11.8. The van der Waals surface area contributed by atoms with Crippen LogP contribution in [0.4, 0.5) is 17.3 Å². The van der Waals surface area contributed by atoms with E-state index in [1.54, 1.807) is 30.5 Å². The van der Waals surface area contributed by atoms with Gasteiger partial charge in [0.25, 0.3) is 0 Å². The molecule has 2 aromatic heterocycles. The van der Waals surface area contributed by atoms with Gasteiger partial charge in [-0.05, 0) is 30.9 Å². The molecular weight excluding hydrogens is 444 g/mol. The molecule has 6 N–H and O–H groups in total. The van der Waals surface area contributed by atoms with Crippen molar-refractivity contribution in [3.63, 3.8) is 0 Å². The van der Waals surface area contributed by atoms with Gasteiger partial charge in [-0.2, -0.15) is 0 Å². The summed E-state index contributed by atoms with van der Waals surface area (Å²) in [6.45, 7) is 2.00. The second-order valence-electron chi connectivity index (χ2n) is 7.55. The first-order valence-electron chi connectivity index (χ1n) is 10.3. The lowest BCUT2D eigenvalue weighted by Crippen LogP contribution is -2.10. The summed E-state index contributed by atoms with van der Waals surface area (Å²) in [7, 11) is 0.136. The highest BCUT2D eigenvalue weighted by Crippen LogP contribution is 2.31. The van der Waals surface area contributed by atoms with Crippen molar-refractivity contribution in [2.45, 2.75) is 24.8 Å². The van der Waals surface area contributed by atoms with Crippen LogP contribution in [0.2, 0.25) is 0 Å². The molecule has 10 nitrogen and oxygen atoms in total. The number of carbonyl (C=O) groups excluding carboxylic acids is 1. The van der Waals surface area contributed by atoms with E-state index < -0.39 is 10.8 Å². The van der Waals surface area contributed by atoms with E-state index in [0.717, 1.165) is 12.8 Å². The molecule has 0 radical (unpaired) electrons. The monoisotopic (exact) mass is 472 g/mol. The normalized spacial score (nSPS) is 15.0. The zero-order valence-corrected chi connectivity index (χ0v) is 19.6. The van der Waals surface area contributed by atoms with Crippen LogP contribution in [0.3, 0.4) is 0 Å². The van der Waals surface area contributed by atoms with Crippen molar-refractivity contribution in [3.05, 3.63) is 48.0 Å². The highest BCUT2D eigenvalue weighted by molar-refractivity contribution is 7.84. The summed E-state index contributed by atoms with van der Waals surface area (Å²) in [5.74, 6) is 1.80. The van der Waals surface area contributed by atoms with Crippen LogP contribution in [0.25, 0.3) is 5.70 Å². The Morgan fingerprint density at radius 3 is 2.64 bits per heavy atom. The minimum Gasteiger partial charge on any atom is -0.493 e. The number of hydrogen-bond donors (Lipinski definition) is 4. The quantitative estimate of drug-likeness (QED) is 0.301. The van der Waals surface area contributed by atoms with E-state index in [1.807, 2.05) is 0 Å². The number of carbonyl (C=O) groups is 1. The zero-order valence-electron chi connectivity index (χ0n) is 18.8. The summed E-state index contributed by atoms with van der Waals surface area (Å²) in [6.07, 6.45) is 8.48. The van der Waals surface area contributed by atoms with Crippen LogP contribution in [0.5, 0.6) is 5.75 Å². The number of rotatable bonds is 10. The lowest BCUT2D eigenvalue weighted by atomic mass is 10.1. The lowest BCUT2D eigenvalue weighted by Gasteiger charge is -2.15. The van der Waals surface area contributed by atoms with Gasteiger partial charge in [0, 0.05) is 48.8 Å². The van der Waals surface area contributed by atoms with Gasteiger partial charge in [0.2, 0.25) is 5.91 Å². The van der Waals surface area contributed by atoms with Gasteiger partial charge >= 0.3 is 0 Å². The maximum Gasteiger partial charge on any atom is 0.222 e. The number of anilines is 3. The average molecular weight is 473 g/mol. The molecule has 1 aliphatic carbocycles. The summed E-state index contributed by atoms with van der Waals surface area (Å²) in [6, 6.07) is 5.03. The number of nitrogens with one attached hydrogen (secondary N) is 2. The maximum absolute atomic E-state index is 12.1. The highest BCUT2D eigenvalue weighted by atomic mass is 32.2. The molecular formula is C22H28N6O4S. The Labute approximate surface area is 194 Å². The van der Waals surface area contributed by atoms with Gasteiger partial charge in [0.15, 0.2) is 5.88 Å². The minimum atomic E-state index is -1.31. The van der Waals surface area contributed by atoms with Gasteiger partial charge in [-0.3, -0.25) is 9.00 Å². The van der Waals surface area contributed by atoms with Crippen LogP contribution >= 0.6 is 0 Å². The lowest BCUT2D eigenvalue weighted by molar-refractivity contribution is -0.114. The summed E-state index contributed by atoms with van der Waals surface area (Å²) >= 11 is 0. The Morgan fingerprint density at radius 1 is 1.24 bits per heavy atom. The largest absolute Gasteiger partial charge is 0.493 e. The summed E-state index contributed by atoms with van der Waals surface area (Å²) < 4.78 is 22.9. The molecule has 2 heterocycles. The number of pyridine rings is 2. The molecule has 0 spiro atoms. The molecule has 1 unspecified atom stereocenters. The Morgan fingerprint density at radius 2 is 2.00 bits per heavy atom. The molecule has 176 valence electrons. The predicted octanol–water partition coefficient (Wildman–Crippen LogP) is 2.45. The number of aromatic nitrogens is 2. The number of hydrogen-bond acceptors (Lipinski definition) is 9. The summed E-state index contributed by atoms with van der Waals surface area (Å²) in [4.78, 5) is 20.2. The van der Waals surface area contributed by atoms with E-state index in [0.29, 0.717) is 51.9 Å². The van der Waals surface area contributed by atoms with E-state index in [-0.39, 0.29) is 11.8 Å². The van der Waals surface area contributed by atoms with Gasteiger partial charge in [0.1, 0.15) is 22.4 Å². The minimum absolute atomic E-state index is 0.188. The van der Waals surface area contributed by atoms with E-state index in [4.69, 9.17) is 20.9 Å². The zero-order chi connectivity index (χ0) is 24.0. The van der Waals surface area contributed by atoms with E-state index in [9.17, 15) is 9.00 Å².